The molecule has 7 nitrogen and oxygen atoms in total. The van der Waals surface area contributed by atoms with Crippen LogP contribution < -0.4 is 9.47 Å². The molecule has 0 fully saturated rings. The Morgan fingerprint density at radius 1 is 1.09 bits per heavy atom. The summed E-state index contributed by atoms with van der Waals surface area (Å²) in [5.74, 6) is 1.36. The van der Waals surface area contributed by atoms with Crippen LogP contribution in [0.25, 0.3) is 11.3 Å². The second-order valence-electron chi connectivity index (χ2n) is 8.24. The number of nitrogens with one attached hydrogen (secondary N) is 1. The van der Waals surface area contributed by atoms with E-state index in [1.54, 1.807) is 19.2 Å². The first-order valence-corrected chi connectivity index (χ1v) is 11.6. The Morgan fingerprint density at radius 3 is 2.64 bits per heavy atom. The Labute approximate surface area is 194 Å². The number of H-pyrrole nitrogens is 1. The summed E-state index contributed by atoms with van der Waals surface area (Å²) in [4.78, 5) is 15.1. The van der Waals surface area contributed by atoms with Crippen LogP contribution in [0.5, 0.6) is 17.2 Å². The number of hydrogen-bond donors (Lipinski definition) is 2. The van der Waals surface area contributed by atoms with Crippen molar-refractivity contribution in [1.29, 1.82) is 0 Å². The van der Waals surface area contributed by atoms with Gasteiger partial charge < -0.3 is 19.5 Å². The maximum absolute atomic E-state index is 13.3. The largest absolute Gasteiger partial charge is 0.507 e. The molecule has 1 amide bonds. The lowest BCUT2D eigenvalue weighted by molar-refractivity contribution is 0.0743. The molecule has 2 N–H and O–H groups in total. The van der Waals surface area contributed by atoms with Gasteiger partial charge in [0.1, 0.15) is 17.1 Å². The number of carbonyl (C=O) groups excluding carboxylic acids is 1. The molecular weight excluding hydrogens is 418 g/mol. The molecule has 2 heterocycles. The fourth-order valence-electron chi connectivity index (χ4n) is 4.40. The van der Waals surface area contributed by atoms with Gasteiger partial charge in [-0.25, -0.2) is 0 Å². The van der Waals surface area contributed by atoms with E-state index in [1.807, 2.05) is 42.2 Å². The zero-order valence-electron chi connectivity index (χ0n) is 19.4. The smallest absolute Gasteiger partial charge is 0.273 e. The van der Waals surface area contributed by atoms with Gasteiger partial charge in [-0.05, 0) is 42.7 Å². The lowest BCUT2D eigenvalue weighted by atomic mass is 9.95. The zero-order valence-corrected chi connectivity index (χ0v) is 19.4. The van der Waals surface area contributed by atoms with Crippen LogP contribution >= 0.6 is 0 Å². The highest BCUT2D eigenvalue weighted by atomic mass is 16.5. The quantitative estimate of drug-likeness (QED) is 0.409. The van der Waals surface area contributed by atoms with Crippen molar-refractivity contribution in [2.45, 2.75) is 45.6 Å². The molecule has 4 rings (SSSR count). The summed E-state index contributed by atoms with van der Waals surface area (Å²) < 4.78 is 11.6. The predicted octanol–water partition coefficient (Wildman–Crippen LogP) is 5.32. The third-order valence-corrected chi connectivity index (χ3v) is 6.00. The van der Waals surface area contributed by atoms with Crippen molar-refractivity contribution >= 4 is 5.91 Å². The number of benzene rings is 2. The fourth-order valence-corrected chi connectivity index (χ4v) is 4.40. The fraction of sp³-hybridized carbons (Fsp3) is 0.385. The van der Waals surface area contributed by atoms with E-state index in [0.717, 1.165) is 36.8 Å². The van der Waals surface area contributed by atoms with Crippen LogP contribution in [0.1, 0.15) is 67.2 Å². The zero-order chi connectivity index (χ0) is 23.4. The summed E-state index contributed by atoms with van der Waals surface area (Å²) >= 11 is 0. The number of aromatic nitrogens is 2. The number of aromatic hydroxyl groups is 1. The van der Waals surface area contributed by atoms with Crippen LogP contribution in [-0.4, -0.2) is 46.4 Å². The number of fused-ring (bicyclic) bond motifs is 1. The van der Waals surface area contributed by atoms with Gasteiger partial charge in [0.2, 0.25) is 0 Å². The highest BCUT2D eigenvalue weighted by Gasteiger charge is 2.42. The van der Waals surface area contributed by atoms with E-state index in [0.29, 0.717) is 41.6 Å². The molecule has 0 bridgehead atoms. The SMILES string of the molecule is CCCCCOc1ccc(C2c3c(-c4ccccc4O)n[nH]c3C(=O)N2CCC)cc1OC. The van der Waals surface area contributed by atoms with E-state index in [9.17, 15) is 9.90 Å². The van der Waals surface area contributed by atoms with Gasteiger partial charge in [-0.3, -0.25) is 9.89 Å². The third kappa shape index (κ3) is 4.27. The monoisotopic (exact) mass is 449 g/mol. The highest BCUT2D eigenvalue weighted by molar-refractivity contribution is 6.00. The van der Waals surface area contributed by atoms with Crippen molar-refractivity contribution < 1.29 is 19.4 Å². The molecule has 0 saturated carbocycles. The maximum atomic E-state index is 13.3. The second kappa shape index (κ2) is 9.98. The van der Waals surface area contributed by atoms with Gasteiger partial charge in [0.15, 0.2) is 11.5 Å². The van der Waals surface area contributed by atoms with E-state index in [4.69, 9.17) is 9.47 Å². The van der Waals surface area contributed by atoms with E-state index >= 15 is 0 Å². The number of methoxy groups -OCH3 is 1. The molecule has 1 aliphatic rings. The molecule has 0 radical (unpaired) electrons. The van der Waals surface area contributed by atoms with Crippen LogP contribution in [0.4, 0.5) is 0 Å². The molecule has 1 aliphatic heterocycles. The first kappa shape index (κ1) is 22.7. The minimum atomic E-state index is -0.344. The normalized spacial score (nSPS) is 15.1. The minimum absolute atomic E-state index is 0.0927. The molecule has 0 spiro atoms. The van der Waals surface area contributed by atoms with Crippen molar-refractivity contribution in [1.82, 2.24) is 15.1 Å². The van der Waals surface area contributed by atoms with Crippen LogP contribution in [0, 0.1) is 0 Å². The Bertz CT molecular complexity index is 1120. The number of unbranched alkanes of at least 4 members (excludes halogenated alkanes) is 2. The lowest BCUT2D eigenvalue weighted by Crippen LogP contribution is -2.30. The Hall–Kier alpha value is -3.48. The van der Waals surface area contributed by atoms with Crippen LogP contribution in [0.2, 0.25) is 0 Å². The van der Waals surface area contributed by atoms with Crippen molar-refractivity contribution in [3.63, 3.8) is 0 Å². The number of amides is 1. The van der Waals surface area contributed by atoms with Gasteiger partial charge in [-0.2, -0.15) is 5.10 Å². The molecule has 3 aromatic rings. The van der Waals surface area contributed by atoms with E-state index in [-0.39, 0.29) is 17.7 Å². The number of rotatable bonds is 10. The average Bonchev–Trinajstić information content (AvgIpc) is 3.37. The highest BCUT2D eigenvalue weighted by Crippen LogP contribution is 2.45. The molecule has 174 valence electrons. The first-order chi connectivity index (χ1) is 16.1. The van der Waals surface area contributed by atoms with Crippen molar-refractivity contribution in [3.05, 3.63) is 59.3 Å². The molecule has 1 aromatic heterocycles. The van der Waals surface area contributed by atoms with Gasteiger partial charge in [0.05, 0.1) is 19.8 Å². The van der Waals surface area contributed by atoms with Crippen molar-refractivity contribution in [3.8, 4) is 28.5 Å². The molecule has 7 heteroatoms. The molecule has 2 aromatic carbocycles. The van der Waals surface area contributed by atoms with Gasteiger partial charge in [-0.1, -0.05) is 44.9 Å². The Morgan fingerprint density at radius 2 is 1.91 bits per heavy atom. The molecule has 0 aliphatic carbocycles. The third-order valence-electron chi connectivity index (χ3n) is 6.00. The Balaban J connectivity index is 1.76. The average molecular weight is 450 g/mol. The van der Waals surface area contributed by atoms with Crippen LogP contribution in [0.15, 0.2) is 42.5 Å². The molecule has 33 heavy (non-hydrogen) atoms. The van der Waals surface area contributed by atoms with Gasteiger partial charge >= 0.3 is 0 Å². The minimum Gasteiger partial charge on any atom is -0.507 e. The number of ether oxygens (including phenoxy) is 2. The standard InChI is InChI=1S/C26H31N3O4/c1-4-6-9-15-33-20-13-12-17(16-21(20)32-3)25-22-23(18-10-7-8-11-19(18)30)27-28-24(22)26(31)29(25)14-5-2/h7-8,10-13,16,25,30H,4-6,9,14-15H2,1-3H3,(H,27,28). The van der Waals surface area contributed by atoms with E-state index in [2.05, 4.69) is 17.1 Å². The molecule has 0 saturated heterocycles. The second-order valence-corrected chi connectivity index (χ2v) is 8.24. The number of carbonyl (C=O) groups is 1. The van der Waals surface area contributed by atoms with Gasteiger partial charge in [0, 0.05) is 17.7 Å². The summed E-state index contributed by atoms with van der Waals surface area (Å²) in [6, 6.07) is 12.5. The predicted molar refractivity (Wildman–Crippen MR) is 127 cm³/mol. The van der Waals surface area contributed by atoms with Gasteiger partial charge in [0.25, 0.3) is 5.91 Å². The number of phenolic OH excluding ortho intramolecular Hbond substituents is 1. The summed E-state index contributed by atoms with van der Waals surface area (Å²) in [6.45, 7) is 5.45. The number of hydrogen-bond acceptors (Lipinski definition) is 5. The van der Waals surface area contributed by atoms with Crippen LogP contribution in [-0.2, 0) is 0 Å². The van der Waals surface area contributed by atoms with Gasteiger partial charge in [-0.15, -0.1) is 0 Å². The first-order valence-electron chi connectivity index (χ1n) is 11.6. The van der Waals surface area contributed by atoms with E-state index < -0.39 is 0 Å². The molecular formula is C26H31N3O4. The molecule has 1 unspecified atom stereocenters. The lowest BCUT2D eigenvalue weighted by Gasteiger charge is -2.26. The number of phenols is 1. The van der Waals surface area contributed by atoms with Crippen LogP contribution in [0.3, 0.4) is 0 Å². The summed E-state index contributed by atoms with van der Waals surface area (Å²) in [6.07, 6.45) is 4.07. The summed E-state index contributed by atoms with van der Waals surface area (Å²) in [5.41, 5.74) is 3.32. The topological polar surface area (TPSA) is 87.7 Å². The number of nitrogens with zero attached hydrogens (tertiary/aromatic N) is 2. The summed E-state index contributed by atoms with van der Waals surface area (Å²) in [7, 11) is 1.62. The van der Waals surface area contributed by atoms with Crippen molar-refractivity contribution in [2.75, 3.05) is 20.3 Å². The summed E-state index contributed by atoms with van der Waals surface area (Å²) in [5, 5.41) is 17.8. The van der Waals surface area contributed by atoms with E-state index in [1.165, 1.54) is 0 Å². The maximum Gasteiger partial charge on any atom is 0.273 e. The Kier molecular flexibility index (Phi) is 6.87. The number of aromatic amines is 1. The van der Waals surface area contributed by atoms with Crippen molar-refractivity contribution in [2.24, 2.45) is 0 Å². The number of para-hydroxylation sites is 1. The molecule has 1 atom stereocenters.